The van der Waals surface area contributed by atoms with Crippen molar-refractivity contribution in [2.75, 3.05) is 14.2 Å². The second-order valence-electron chi connectivity index (χ2n) is 6.15. The van der Waals surface area contributed by atoms with Crippen LogP contribution in [0, 0.1) is 5.92 Å². The summed E-state index contributed by atoms with van der Waals surface area (Å²) in [5, 5.41) is 10.5. The van der Waals surface area contributed by atoms with Gasteiger partial charge in [0.25, 0.3) is 0 Å². The van der Waals surface area contributed by atoms with Crippen molar-refractivity contribution in [3.8, 4) is 11.5 Å². The molecule has 0 aliphatic rings. The molecular weight excluding hydrogens is 252 g/mol. The Morgan fingerprint density at radius 3 is 2.35 bits per heavy atom. The number of ether oxygens (including phenoxy) is 2. The Hall–Kier alpha value is -1.22. The summed E-state index contributed by atoms with van der Waals surface area (Å²) in [7, 11) is 3.25. The second kappa shape index (κ2) is 7.53. The molecule has 114 valence electrons. The van der Waals surface area contributed by atoms with Gasteiger partial charge in [0.05, 0.1) is 19.8 Å². The minimum atomic E-state index is -0.672. The number of aliphatic hydroxyl groups is 1. The highest BCUT2D eigenvalue weighted by Gasteiger charge is 2.21. The van der Waals surface area contributed by atoms with E-state index in [0.29, 0.717) is 18.1 Å². The first kappa shape index (κ1) is 16.8. The van der Waals surface area contributed by atoms with E-state index >= 15 is 0 Å². The van der Waals surface area contributed by atoms with Crippen molar-refractivity contribution in [2.45, 2.75) is 52.1 Å². The number of methoxy groups -OCH3 is 2. The summed E-state index contributed by atoms with van der Waals surface area (Å²) in [6.07, 6.45) is 3.66. The minimum Gasteiger partial charge on any atom is -0.493 e. The van der Waals surface area contributed by atoms with Crippen LogP contribution in [0.3, 0.4) is 0 Å². The van der Waals surface area contributed by atoms with Crippen molar-refractivity contribution in [2.24, 2.45) is 5.92 Å². The molecule has 0 saturated heterocycles. The zero-order chi connectivity index (χ0) is 15.2. The molecule has 0 saturated carbocycles. The van der Waals surface area contributed by atoms with E-state index in [0.717, 1.165) is 30.6 Å². The highest BCUT2D eigenvalue weighted by Crippen LogP contribution is 2.30. The van der Waals surface area contributed by atoms with Crippen molar-refractivity contribution >= 4 is 0 Å². The van der Waals surface area contributed by atoms with Gasteiger partial charge in [-0.05, 0) is 37.0 Å². The molecule has 1 aromatic rings. The van der Waals surface area contributed by atoms with Crippen LogP contribution in [0.2, 0.25) is 0 Å². The fraction of sp³-hybridized carbons (Fsp3) is 0.647. The van der Waals surface area contributed by atoms with E-state index in [-0.39, 0.29) is 0 Å². The molecule has 1 aromatic carbocycles. The van der Waals surface area contributed by atoms with Gasteiger partial charge in [-0.3, -0.25) is 0 Å². The average Bonchev–Trinajstić information content (AvgIpc) is 2.37. The number of hydrogen-bond acceptors (Lipinski definition) is 3. The summed E-state index contributed by atoms with van der Waals surface area (Å²) >= 11 is 0. The maximum absolute atomic E-state index is 10.5. The molecule has 0 aliphatic heterocycles. The summed E-state index contributed by atoms with van der Waals surface area (Å²) < 4.78 is 10.5. The smallest absolute Gasteiger partial charge is 0.160 e. The van der Waals surface area contributed by atoms with Crippen LogP contribution in [0.4, 0.5) is 0 Å². The average molecular weight is 280 g/mol. The Labute approximate surface area is 122 Å². The fourth-order valence-corrected chi connectivity index (χ4v) is 2.41. The summed E-state index contributed by atoms with van der Waals surface area (Å²) in [5.74, 6) is 2.12. The van der Waals surface area contributed by atoms with Gasteiger partial charge in [-0.2, -0.15) is 0 Å². The Morgan fingerprint density at radius 2 is 1.80 bits per heavy atom. The van der Waals surface area contributed by atoms with Crippen LogP contribution < -0.4 is 9.47 Å². The quantitative estimate of drug-likeness (QED) is 0.786. The van der Waals surface area contributed by atoms with Crippen LogP contribution in [0.25, 0.3) is 0 Å². The number of rotatable bonds is 8. The van der Waals surface area contributed by atoms with Crippen LogP contribution >= 0.6 is 0 Å². The molecule has 0 aromatic heterocycles. The lowest BCUT2D eigenvalue weighted by atomic mass is 9.90. The van der Waals surface area contributed by atoms with Crippen LogP contribution in [-0.2, 0) is 6.42 Å². The van der Waals surface area contributed by atoms with Crippen LogP contribution in [0.15, 0.2) is 18.2 Å². The van der Waals surface area contributed by atoms with Gasteiger partial charge in [-0.25, -0.2) is 0 Å². The third-order valence-corrected chi connectivity index (χ3v) is 3.53. The van der Waals surface area contributed by atoms with Gasteiger partial charge in [-0.1, -0.05) is 32.8 Å². The highest BCUT2D eigenvalue weighted by molar-refractivity contribution is 5.43. The molecule has 3 nitrogen and oxygen atoms in total. The van der Waals surface area contributed by atoms with Gasteiger partial charge >= 0.3 is 0 Å². The molecule has 0 amide bonds. The van der Waals surface area contributed by atoms with Gasteiger partial charge in [0.2, 0.25) is 0 Å². The van der Waals surface area contributed by atoms with Gasteiger partial charge in [-0.15, -0.1) is 0 Å². The Kier molecular flexibility index (Phi) is 6.34. The molecule has 1 N–H and O–H groups in total. The Bertz CT molecular complexity index is 411. The SMILES string of the molecule is COc1ccc(CC(C)(O)CCCC(C)C)cc1OC. The largest absolute Gasteiger partial charge is 0.493 e. The van der Waals surface area contributed by atoms with Crippen molar-refractivity contribution in [1.29, 1.82) is 0 Å². The fourth-order valence-electron chi connectivity index (χ4n) is 2.41. The molecule has 0 radical (unpaired) electrons. The van der Waals surface area contributed by atoms with Gasteiger partial charge < -0.3 is 14.6 Å². The summed E-state index contributed by atoms with van der Waals surface area (Å²) in [4.78, 5) is 0. The molecular formula is C17H28O3. The van der Waals surface area contributed by atoms with E-state index < -0.39 is 5.60 Å². The van der Waals surface area contributed by atoms with E-state index in [1.165, 1.54) is 0 Å². The minimum absolute atomic E-state index is 0.630. The lowest BCUT2D eigenvalue weighted by Crippen LogP contribution is -2.27. The Balaban J connectivity index is 2.66. The zero-order valence-electron chi connectivity index (χ0n) is 13.4. The second-order valence-corrected chi connectivity index (χ2v) is 6.15. The summed E-state index contributed by atoms with van der Waals surface area (Å²) in [6.45, 7) is 6.33. The molecule has 1 rings (SSSR count). The summed E-state index contributed by atoms with van der Waals surface area (Å²) in [5.41, 5.74) is 0.395. The molecule has 20 heavy (non-hydrogen) atoms. The molecule has 0 aliphatic carbocycles. The normalized spacial score (nSPS) is 14.2. The topological polar surface area (TPSA) is 38.7 Å². The van der Waals surface area contributed by atoms with E-state index in [2.05, 4.69) is 13.8 Å². The van der Waals surface area contributed by atoms with Crippen LogP contribution in [0.5, 0.6) is 11.5 Å². The lowest BCUT2D eigenvalue weighted by molar-refractivity contribution is 0.0477. The molecule has 0 spiro atoms. The molecule has 3 heteroatoms. The molecule has 0 bridgehead atoms. The molecule has 1 atom stereocenters. The third kappa shape index (κ3) is 5.41. The predicted molar refractivity (Wildman–Crippen MR) is 82.6 cm³/mol. The Morgan fingerprint density at radius 1 is 1.15 bits per heavy atom. The molecule has 0 heterocycles. The number of benzene rings is 1. The molecule has 1 unspecified atom stereocenters. The van der Waals surface area contributed by atoms with Crippen molar-refractivity contribution in [3.05, 3.63) is 23.8 Å². The monoisotopic (exact) mass is 280 g/mol. The maximum atomic E-state index is 10.5. The predicted octanol–water partition coefficient (Wildman–Crippen LogP) is 3.82. The van der Waals surface area contributed by atoms with Crippen molar-refractivity contribution < 1.29 is 14.6 Å². The first-order chi connectivity index (χ1) is 9.38. The number of hydrogen-bond donors (Lipinski definition) is 1. The third-order valence-electron chi connectivity index (χ3n) is 3.53. The van der Waals surface area contributed by atoms with Crippen molar-refractivity contribution in [1.82, 2.24) is 0 Å². The highest BCUT2D eigenvalue weighted by atomic mass is 16.5. The maximum Gasteiger partial charge on any atom is 0.160 e. The van der Waals surface area contributed by atoms with Crippen LogP contribution in [0.1, 0.15) is 45.6 Å². The van der Waals surface area contributed by atoms with E-state index in [9.17, 15) is 5.11 Å². The van der Waals surface area contributed by atoms with Gasteiger partial charge in [0.15, 0.2) is 11.5 Å². The van der Waals surface area contributed by atoms with Crippen molar-refractivity contribution in [3.63, 3.8) is 0 Å². The summed E-state index contributed by atoms with van der Waals surface area (Å²) in [6, 6.07) is 5.81. The van der Waals surface area contributed by atoms with E-state index in [1.807, 2.05) is 25.1 Å². The lowest BCUT2D eigenvalue weighted by Gasteiger charge is -2.24. The standard InChI is InChI=1S/C17H28O3/c1-13(2)7-6-10-17(3,18)12-14-8-9-15(19-4)16(11-14)20-5/h8-9,11,13,18H,6-7,10,12H2,1-5H3. The van der Waals surface area contributed by atoms with Crippen LogP contribution in [-0.4, -0.2) is 24.9 Å². The molecule has 0 fully saturated rings. The van der Waals surface area contributed by atoms with E-state index in [4.69, 9.17) is 9.47 Å². The first-order valence-electron chi connectivity index (χ1n) is 7.31. The van der Waals surface area contributed by atoms with Gasteiger partial charge in [0, 0.05) is 6.42 Å². The first-order valence-corrected chi connectivity index (χ1v) is 7.31. The van der Waals surface area contributed by atoms with Gasteiger partial charge in [0.1, 0.15) is 0 Å². The van der Waals surface area contributed by atoms with E-state index in [1.54, 1.807) is 14.2 Å². The zero-order valence-corrected chi connectivity index (χ0v) is 13.4.